The predicted octanol–water partition coefficient (Wildman–Crippen LogP) is 3.64. The van der Waals surface area contributed by atoms with Gasteiger partial charge in [-0.1, -0.05) is 6.08 Å². The van der Waals surface area contributed by atoms with Crippen LogP contribution in [0.2, 0.25) is 0 Å². The standard InChI is InChI=1S/C34H31F3N2O6S/c1-16-13-33(2,3)38(6)24-11-26-20(8-18(16)24)28(29-22(35)10-23(36)31(37)30(29)32(40)41)21-9-19-17(15-46(42,43)44)14-34(4,5)39(7)25(19)12-27(21)45-26/h8-14H,15H2,1-7H3,(H-,40,41,42,43,44). The molecule has 0 saturated heterocycles. The number of halogens is 3. The van der Waals surface area contributed by atoms with Gasteiger partial charge in [0.05, 0.1) is 23.1 Å². The summed E-state index contributed by atoms with van der Waals surface area (Å²) in [5.74, 6) is -7.37. The van der Waals surface area contributed by atoms with E-state index in [-0.39, 0.29) is 45.0 Å². The van der Waals surface area contributed by atoms with Crippen LogP contribution in [0.4, 0.5) is 18.9 Å². The summed E-state index contributed by atoms with van der Waals surface area (Å²) in [7, 11) is -0.834. The van der Waals surface area contributed by atoms with Gasteiger partial charge in [0.15, 0.2) is 17.2 Å². The molecule has 0 radical (unpaired) electrons. The fourth-order valence-electron chi connectivity index (χ4n) is 6.63. The molecule has 0 bridgehead atoms. The van der Waals surface area contributed by atoms with E-state index in [1.165, 1.54) is 6.07 Å². The second kappa shape index (κ2) is 10.0. The average Bonchev–Trinajstić information content (AvgIpc) is 2.92. The van der Waals surface area contributed by atoms with Crippen molar-refractivity contribution in [1.82, 2.24) is 4.58 Å². The zero-order valence-electron chi connectivity index (χ0n) is 26.2. The molecule has 46 heavy (non-hydrogen) atoms. The Morgan fingerprint density at radius 2 is 1.65 bits per heavy atom. The van der Waals surface area contributed by atoms with Crippen molar-refractivity contribution in [3.05, 3.63) is 98.3 Å². The molecule has 0 aliphatic carbocycles. The number of ether oxygens (including phenoxy) is 1. The molecule has 0 aromatic heterocycles. The first-order chi connectivity index (χ1) is 21.2. The molecular formula is C34H31F3N2O6S. The number of fused-ring (bicyclic) bond motifs is 4. The van der Waals surface area contributed by atoms with Crippen LogP contribution in [0.15, 0.2) is 42.5 Å². The number of aromatic carboxylic acids is 1. The fraction of sp³-hybridized carbons (Fsp3) is 0.294. The highest BCUT2D eigenvalue weighted by Gasteiger charge is 2.37. The number of nitrogens with zero attached hydrogens (tertiary/aromatic N) is 2. The molecule has 0 amide bonds. The number of hydrogen-bond acceptors (Lipinski definition) is 6. The van der Waals surface area contributed by atoms with Crippen molar-refractivity contribution in [2.45, 2.75) is 45.7 Å². The molecule has 240 valence electrons. The van der Waals surface area contributed by atoms with Crippen molar-refractivity contribution in [2.75, 3.05) is 24.7 Å². The van der Waals surface area contributed by atoms with Gasteiger partial charge in [0.2, 0.25) is 5.36 Å². The zero-order chi connectivity index (χ0) is 33.8. The molecule has 3 aliphatic heterocycles. The van der Waals surface area contributed by atoms with Crippen molar-refractivity contribution in [2.24, 2.45) is 0 Å². The van der Waals surface area contributed by atoms with Crippen LogP contribution < -0.4 is 29.9 Å². The number of hydrogen-bond donors (Lipinski definition) is 1. The Kier molecular flexibility index (Phi) is 6.89. The first kappa shape index (κ1) is 31.6. The normalized spacial score (nSPS) is 17.7. The van der Waals surface area contributed by atoms with Crippen LogP contribution in [0.3, 0.4) is 0 Å². The van der Waals surface area contributed by atoms with Gasteiger partial charge in [-0.25, -0.2) is 17.7 Å². The summed E-state index contributed by atoms with van der Waals surface area (Å²) < 4.78 is 87.8. The summed E-state index contributed by atoms with van der Waals surface area (Å²) in [6, 6.07) is 6.78. The summed E-state index contributed by atoms with van der Waals surface area (Å²) in [6.45, 7) is 9.63. The number of rotatable bonds is 4. The van der Waals surface area contributed by atoms with Crippen molar-refractivity contribution < 1.29 is 40.8 Å². The molecule has 0 saturated carbocycles. The predicted molar refractivity (Wildman–Crippen MR) is 166 cm³/mol. The van der Waals surface area contributed by atoms with Crippen molar-refractivity contribution >= 4 is 38.5 Å². The number of likely N-dealkylation sites (N-methyl/N-ethyl adjacent to an activating group) is 2. The van der Waals surface area contributed by atoms with Gasteiger partial charge in [0.25, 0.3) is 10.1 Å². The Labute approximate surface area is 263 Å². The van der Waals surface area contributed by atoms with E-state index in [9.17, 15) is 27.3 Å². The van der Waals surface area contributed by atoms with Crippen LogP contribution in [0.25, 0.3) is 16.7 Å². The SMILES string of the molecule is CC1=CC(C)(C)N(C)c2cc3c(cc21)C(c1c(F)cc(F)c(F)c1C(=O)[O-])=c1cc2c(cc1O3)=[N+](C)C(C)(C)C=C2CS(=O)(=O)O. The van der Waals surface area contributed by atoms with Crippen molar-refractivity contribution in [1.29, 1.82) is 0 Å². The monoisotopic (exact) mass is 652 g/mol. The third kappa shape index (κ3) is 4.82. The minimum Gasteiger partial charge on any atom is -0.545 e. The van der Waals surface area contributed by atoms with Crippen molar-refractivity contribution in [3.63, 3.8) is 0 Å². The van der Waals surface area contributed by atoms with E-state index >= 15 is 8.78 Å². The van der Waals surface area contributed by atoms with Crippen LogP contribution in [0, 0.1) is 17.5 Å². The maximum Gasteiger partial charge on any atom is 0.269 e. The summed E-state index contributed by atoms with van der Waals surface area (Å²) in [5.41, 5.74) is -0.163. The molecular weight excluding hydrogens is 621 g/mol. The average molecular weight is 653 g/mol. The number of carbonyl (C=O) groups is 1. The number of anilines is 1. The fourth-order valence-corrected chi connectivity index (χ4v) is 7.26. The maximum absolute atomic E-state index is 15.9. The number of benzene rings is 3. The highest BCUT2D eigenvalue weighted by atomic mass is 32.2. The van der Waals surface area contributed by atoms with E-state index in [0.29, 0.717) is 10.9 Å². The molecule has 3 aromatic rings. The smallest absolute Gasteiger partial charge is 0.269 e. The van der Waals surface area contributed by atoms with Crippen LogP contribution in [0.1, 0.15) is 67.2 Å². The van der Waals surface area contributed by atoms with Crippen LogP contribution >= 0.6 is 0 Å². The molecule has 0 atom stereocenters. The minimum atomic E-state index is -4.51. The summed E-state index contributed by atoms with van der Waals surface area (Å²) in [5, 5.41) is 12.9. The minimum absolute atomic E-state index is 0.0964. The second-order valence-corrected chi connectivity index (χ2v) is 14.5. The van der Waals surface area contributed by atoms with Gasteiger partial charge >= 0.3 is 0 Å². The summed E-state index contributed by atoms with van der Waals surface area (Å²) >= 11 is 0. The van der Waals surface area contributed by atoms with E-state index in [1.807, 2.05) is 57.2 Å². The molecule has 0 fully saturated rings. The molecule has 8 nitrogen and oxygen atoms in total. The first-order valence-electron chi connectivity index (χ1n) is 14.4. The van der Waals surface area contributed by atoms with Gasteiger partial charge in [0.1, 0.15) is 30.1 Å². The molecule has 0 spiro atoms. The van der Waals surface area contributed by atoms with Gasteiger partial charge < -0.3 is 19.5 Å². The van der Waals surface area contributed by atoms with Gasteiger partial charge in [-0.2, -0.15) is 8.42 Å². The lowest BCUT2D eigenvalue weighted by molar-refractivity contribution is -0.255. The molecule has 1 N–H and O–H groups in total. The Balaban J connectivity index is 1.82. The number of carboxylic acid groups (broad SMARTS) is 1. The molecule has 6 rings (SSSR count). The lowest BCUT2D eigenvalue weighted by Gasteiger charge is -2.41. The molecule has 12 heteroatoms. The molecule has 3 aliphatic rings. The number of carbonyl (C=O) groups excluding carboxylic acids is 1. The van der Waals surface area contributed by atoms with E-state index in [0.717, 1.165) is 16.8 Å². The van der Waals surface area contributed by atoms with Crippen LogP contribution in [-0.2, 0) is 10.1 Å². The maximum atomic E-state index is 15.9. The highest BCUT2D eigenvalue weighted by Crippen LogP contribution is 2.46. The zero-order valence-corrected chi connectivity index (χ0v) is 27.0. The summed E-state index contributed by atoms with van der Waals surface area (Å²) in [6.07, 6.45) is 3.70. The third-order valence-corrected chi connectivity index (χ3v) is 9.91. The van der Waals surface area contributed by atoms with E-state index < -0.39 is 56.0 Å². The van der Waals surface area contributed by atoms with Gasteiger partial charge in [-0.05, 0) is 50.1 Å². The Bertz CT molecular complexity index is 2240. The van der Waals surface area contributed by atoms with Crippen LogP contribution in [-0.4, -0.2) is 49.9 Å². The number of carboxylic acids is 1. The Hall–Kier alpha value is -4.42. The second-order valence-electron chi connectivity index (χ2n) is 13.0. The highest BCUT2D eigenvalue weighted by molar-refractivity contribution is 7.86. The van der Waals surface area contributed by atoms with E-state index in [2.05, 4.69) is 0 Å². The molecule has 0 unspecified atom stereocenters. The molecule has 3 aromatic carbocycles. The third-order valence-electron chi connectivity index (χ3n) is 9.24. The lowest BCUT2D eigenvalue weighted by Crippen LogP contribution is -2.47. The Morgan fingerprint density at radius 3 is 2.28 bits per heavy atom. The number of allylic oxidation sites excluding steroid dienone is 1. The largest absolute Gasteiger partial charge is 0.545 e. The summed E-state index contributed by atoms with van der Waals surface area (Å²) in [4.78, 5) is 14.3. The Morgan fingerprint density at radius 1 is 0.978 bits per heavy atom. The van der Waals surface area contributed by atoms with Crippen LogP contribution in [0.5, 0.6) is 11.5 Å². The van der Waals surface area contributed by atoms with Gasteiger partial charge in [-0.3, -0.25) is 4.55 Å². The van der Waals surface area contributed by atoms with E-state index in [1.54, 1.807) is 31.3 Å². The van der Waals surface area contributed by atoms with Gasteiger partial charge in [-0.15, -0.1) is 0 Å². The van der Waals surface area contributed by atoms with E-state index in [4.69, 9.17) is 4.74 Å². The quantitative estimate of drug-likeness (QED) is 0.204. The lowest BCUT2D eigenvalue weighted by atomic mass is 9.83. The van der Waals surface area contributed by atoms with Crippen molar-refractivity contribution in [3.8, 4) is 11.5 Å². The molecule has 3 heterocycles. The van der Waals surface area contributed by atoms with Gasteiger partial charge in [0, 0.05) is 71.8 Å². The topological polar surface area (TPSA) is 110 Å². The first-order valence-corrected chi connectivity index (χ1v) is 16.0.